The molecule has 1 amide bonds. The second-order valence-electron chi connectivity index (χ2n) is 5.55. The first-order chi connectivity index (χ1) is 11.5. The Morgan fingerprint density at radius 1 is 1.29 bits per heavy atom. The number of carboxylic acid groups (broad SMARTS) is 1. The first-order valence-corrected chi connectivity index (χ1v) is 7.56. The highest BCUT2D eigenvalue weighted by atomic mass is 16.5. The predicted molar refractivity (Wildman–Crippen MR) is 82.4 cm³/mol. The zero-order valence-corrected chi connectivity index (χ0v) is 13.1. The number of amides is 1. The molecule has 24 heavy (non-hydrogen) atoms. The third kappa shape index (κ3) is 3.60. The molecule has 0 radical (unpaired) electrons. The van der Waals surface area contributed by atoms with Crippen molar-refractivity contribution in [3.8, 4) is 11.5 Å². The molecule has 8 heteroatoms. The number of aromatic nitrogens is 2. The molecule has 2 heterocycles. The standard InChI is InChI=1S/C16H17N3O5/c1-10-17-18-15(24-10)11-2-4-12(5-3-11)16(22)19-6-7-23-13(9-19)8-14(20)21/h2-5,13H,6-9H2,1H3,(H,20,21). The van der Waals surface area contributed by atoms with Crippen molar-refractivity contribution < 1.29 is 23.8 Å². The van der Waals surface area contributed by atoms with Crippen molar-refractivity contribution in [1.29, 1.82) is 0 Å². The number of aliphatic carboxylic acids is 1. The Labute approximate surface area is 138 Å². The van der Waals surface area contributed by atoms with Crippen molar-refractivity contribution in [2.75, 3.05) is 19.7 Å². The zero-order chi connectivity index (χ0) is 17.1. The highest BCUT2D eigenvalue weighted by molar-refractivity contribution is 5.94. The van der Waals surface area contributed by atoms with Crippen molar-refractivity contribution in [1.82, 2.24) is 15.1 Å². The average molecular weight is 331 g/mol. The Bertz CT molecular complexity index is 740. The molecule has 8 nitrogen and oxygen atoms in total. The van der Waals surface area contributed by atoms with Gasteiger partial charge in [0.2, 0.25) is 11.8 Å². The molecule has 1 N–H and O–H groups in total. The lowest BCUT2D eigenvalue weighted by molar-refractivity contribution is -0.141. The van der Waals surface area contributed by atoms with Gasteiger partial charge >= 0.3 is 5.97 Å². The van der Waals surface area contributed by atoms with Gasteiger partial charge in [0.15, 0.2) is 0 Å². The minimum absolute atomic E-state index is 0.112. The van der Waals surface area contributed by atoms with E-state index in [1.165, 1.54) is 0 Å². The number of morpholine rings is 1. The highest BCUT2D eigenvalue weighted by Crippen LogP contribution is 2.19. The maximum absolute atomic E-state index is 12.6. The second kappa shape index (κ2) is 6.79. The third-order valence-corrected chi connectivity index (χ3v) is 3.73. The normalized spacial score (nSPS) is 17.7. The molecular formula is C16H17N3O5. The summed E-state index contributed by atoms with van der Waals surface area (Å²) in [5.74, 6) is -0.210. The van der Waals surface area contributed by atoms with E-state index in [4.69, 9.17) is 14.3 Å². The highest BCUT2D eigenvalue weighted by Gasteiger charge is 2.26. The van der Waals surface area contributed by atoms with Gasteiger partial charge in [-0.25, -0.2) is 0 Å². The Kier molecular flexibility index (Phi) is 4.57. The van der Waals surface area contributed by atoms with Crippen LogP contribution in [0.5, 0.6) is 0 Å². The lowest BCUT2D eigenvalue weighted by atomic mass is 10.1. The quantitative estimate of drug-likeness (QED) is 0.901. The van der Waals surface area contributed by atoms with Gasteiger partial charge in [0, 0.05) is 31.1 Å². The van der Waals surface area contributed by atoms with E-state index in [9.17, 15) is 9.59 Å². The molecule has 0 spiro atoms. The van der Waals surface area contributed by atoms with Crippen LogP contribution in [0.4, 0.5) is 0 Å². The van der Waals surface area contributed by atoms with E-state index in [1.54, 1.807) is 36.1 Å². The lowest BCUT2D eigenvalue weighted by Crippen LogP contribution is -2.46. The number of carbonyl (C=O) groups is 2. The number of rotatable bonds is 4. The number of ether oxygens (including phenoxy) is 1. The van der Waals surface area contributed by atoms with E-state index in [-0.39, 0.29) is 18.9 Å². The molecule has 1 fully saturated rings. The first-order valence-electron chi connectivity index (χ1n) is 7.56. The Morgan fingerprint density at radius 3 is 2.67 bits per heavy atom. The van der Waals surface area contributed by atoms with Crippen LogP contribution >= 0.6 is 0 Å². The summed E-state index contributed by atoms with van der Waals surface area (Å²) in [4.78, 5) is 25.0. The predicted octanol–water partition coefficient (Wildman–Crippen LogP) is 1.36. The van der Waals surface area contributed by atoms with E-state index in [2.05, 4.69) is 10.2 Å². The first kappa shape index (κ1) is 16.1. The largest absolute Gasteiger partial charge is 0.481 e. The van der Waals surface area contributed by atoms with Crippen molar-refractivity contribution in [2.45, 2.75) is 19.4 Å². The zero-order valence-electron chi connectivity index (χ0n) is 13.1. The van der Waals surface area contributed by atoms with Crippen LogP contribution in [-0.4, -0.2) is 57.9 Å². The van der Waals surface area contributed by atoms with Crippen LogP contribution in [0.15, 0.2) is 28.7 Å². The van der Waals surface area contributed by atoms with Crippen LogP contribution < -0.4 is 0 Å². The summed E-state index contributed by atoms with van der Waals surface area (Å²) in [6, 6.07) is 6.88. The van der Waals surface area contributed by atoms with Crippen LogP contribution in [0.3, 0.4) is 0 Å². The van der Waals surface area contributed by atoms with Gasteiger partial charge in [0.1, 0.15) is 0 Å². The van der Waals surface area contributed by atoms with Gasteiger partial charge in [0.05, 0.1) is 19.1 Å². The summed E-state index contributed by atoms with van der Waals surface area (Å²) in [6.07, 6.45) is -0.583. The monoisotopic (exact) mass is 331 g/mol. The maximum atomic E-state index is 12.6. The van der Waals surface area contributed by atoms with Gasteiger partial charge < -0.3 is 19.2 Å². The van der Waals surface area contributed by atoms with E-state index in [0.717, 1.165) is 5.56 Å². The number of hydrogen-bond donors (Lipinski definition) is 1. The Balaban J connectivity index is 1.69. The van der Waals surface area contributed by atoms with Crippen LogP contribution in [0, 0.1) is 6.92 Å². The average Bonchev–Trinajstić information content (AvgIpc) is 3.00. The molecular weight excluding hydrogens is 314 g/mol. The van der Waals surface area contributed by atoms with Crippen molar-refractivity contribution in [3.05, 3.63) is 35.7 Å². The van der Waals surface area contributed by atoms with Crippen molar-refractivity contribution in [3.63, 3.8) is 0 Å². The molecule has 1 aromatic carbocycles. The minimum Gasteiger partial charge on any atom is -0.481 e. The molecule has 2 aromatic rings. The topological polar surface area (TPSA) is 106 Å². The molecule has 1 aliphatic rings. The fraction of sp³-hybridized carbons (Fsp3) is 0.375. The maximum Gasteiger partial charge on any atom is 0.306 e. The number of carbonyl (C=O) groups excluding carboxylic acids is 1. The Hall–Kier alpha value is -2.74. The van der Waals surface area contributed by atoms with Gasteiger partial charge in [-0.2, -0.15) is 0 Å². The molecule has 0 saturated carbocycles. The molecule has 1 aromatic heterocycles. The number of hydrogen-bond acceptors (Lipinski definition) is 6. The molecule has 1 aliphatic heterocycles. The smallest absolute Gasteiger partial charge is 0.306 e. The second-order valence-corrected chi connectivity index (χ2v) is 5.55. The van der Waals surface area contributed by atoms with E-state index < -0.39 is 12.1 Å². The molecule has 0 bridgehead atoms. The summed E-state index contributed by atoms with van der Waals surface area (Å²) in [6.45, 7) is 2.76. The summed E-state index contributed by atoms with van der Waals surface area (Å²) >= 11 is 0. The molecule has 0 aliphatic carbocycles. The third-order valence-electron chi connectivity index (χ3n) is 3.73. The SMILES string of the molecule is Cc1nnc(-c2ccc(C(=O)N3CCOC(CC(=O)O)C3)cc2)o1. The number of aryl methyl sites for hydroxylation is 1. The number of benzene rings is 1. The molecule has 1 atom stereocenters. The van der Waals surface area contributed by atoms with Gasteiger partial charge in [-0.05, 0) is 24.3 Å². The van der Waals surface area contributed by atoms with Crippen LogP contribution in [0.1, 0.15) is 22.7 Å². The Morgan fingerprint density at radius 2 is 2.04 bits per heavy atom. The van der Waals surface area contributed by atoms with E-state index >= 15 is 0 Å². The summed E-state index contributed by atoms with van der Waals surface area (Å²) in [5, 5.41) is 16.6. The van der Waals surface area contributed by atoms with Gasteiger partial charge in [0.25, 0.3) is 5.91 Å². The fourth-order valence-corrected chi connectivity index (χ4v) is 2.57. The summed E-state index contributed by atoms with van der Waals surface area (Å²) < 4.78 is 10.7. The number of nitrogens with zero attached hydrogens (tertiary/aromatic N) is 3. The van der Waals surface area contributed by atoms with Crippen molar-refractivity contribution >= 4 is 11.9 Å². The minimum atomic E-state index is -0.937. The van der Waals surface area contributed by atoms with E-state index in [1.807, 2.05) is 0 Å². The summed E-state index contributed by atoms with van der Waals surface area (Å²) in [7, 11) is 0. The van der Waals surface area contributed by atoms with Gasteiger partial charge in [-0.15, -0.1) is 10.2 Å². The van der Waals surface area contributed by atoms with Crippen molar-refractivity contribution in [2.24, 2.45) is 0 Å². The number of carboxylic acids is 1. The fourth-order valence-electron chi connectivity index (χ4n) is 2.57. The van der Waals surface area contributed by atoms with Gasteiger partial charge in [-0.1, -0.05) is 0 Å². The van der Waals surface area contributed by atoms with E-state index in [0.29, 0.717) is 30.5 Å². The van der Waals surface area contributed by atoms with Gasteiger partial charge in [-0.3, -0.25) is 9.59 Å². The molecule has 1 unspecified atom stereocenters. The summed E-state index contributed by atoms with van der Waals surface area (Å²) in [5.41, 5.74) is 1.25. The lowest BCUT2D eigenvalue weighted by Gasteiger charge is -2.32. The van der Waals surface area contributed by atoms with Crippen LogP contribution in [0.2, 0.25) is 0 Å². The molecule has 126 valence electrons. The van der Waals surface area contributed by atoms with Crippen LogP contribution in [-0.2, 0) is 9.53 Å². The van der Waals surface area contributed by atoms with Crippen LogP contribution in [0.25, 0.3) is 11.5 Å². The molecule has 1 saturated heterocycles. The molecule has 3 rings (SSSR count).